The maximum absolute atomic E-state index is 12.4. The molecule has 8 nitrogen and oxygen atoms in total. The number of rotatable bonds is 6. The summed E-state index contributed by atoms with van der Waals surface area (Å²) in [6.45, 7) is 5.67. The van der Waals surface area contributed by atoms with Gasteiger partial charge < -0.3 is 29.0 Å². The van der Waals surface area contributed by atoms with Gasteiger partial charge in [0.2, 0.25) is 0 Å². The molecule has 2 aliphatic rings. The summed E-state index contributed by atoms with van der Waals surface area (Å²) in [5, 5.41) is 3.44. The lowest BCUT2D eigenvalue weighted by Gasteiger charge is -2.36. The van der Waals surface area contributed by atoms with Gasteiger partial charge in [-0.1, -0.05) is 24.3 Å². The van der Waals surface area contributed by atoms with Crippen molar-refractivity contribution in [2.24, 2.45) is 4.99 Å². The third-order valence-electron chi connectivity index (χ3n) is 5.94. The molecule has 2 fully saturated rings. The molecule has 2 aromatic rings. The fraction of sp³-hybridized carbons (Fsp3) is 0.500. The second kappa shape index (κ2) is 13.0. The Kier molecular flexibility index (Phi) is 10.0. The van der Waals surface area contributed by atoms with Crippen LogP contribution in [-0.2, 0) is 22.6 Å². The number of ether oxygens (including phenoxy) is 2. The monoisotopic (exact) mass is 568 g/mol. The van der Waals surface area contributed by atoms with Crippen LogP contribution in [0.3, 0.4) is 0 Å². The summed E-state index contributed by atoms with van der Waals surface area (Å²) in [5.41, 5.74) is 2.37. The number of piperazine rings is 1. The Bertz CT molecular complexity index is 874. The molecular weight excluding hydrogens is 535 g/mol. The van der Waals surface area contributed by atoms with Crippen molar-refractivity contribution in [2.75, 3.05) is 46.4 Å². The lowest BCUT2D eigenvalue weighted by molar-refractivity contribution is -0.0390. The quantitative estimate of drug-likeness (QED) is 0.328. The van der Waals surface area contributed by atoms with Gasteiger partial charge in [0.05, 0.1) is 19.0 Å². The Morgan fingerprint density at radius 1 is 1.06 bits per heavy atom. The standard InChI is InChI=1S/C24H32N4O4.HI/c1-25-24(28-12-10-27(11-13-28)23(29)22-3-2-14-31-22)26-17-19-4-6-20(7-5-19)18-32-21-8-15-30-16-9-21;/h2-7,14,21H,8-13,15-18H2,1H3,(H,25,26);1H. The van der Waals surface area contributed by atoms with Gasteiger partial charge >= 0.3 is 0 Å². The molecule has 180 valence electrons. The fourth-order valence-corrected chi connectivity index (χ4v) is 4.00. The molecule has 0 atom stereocenters. The number of nitrogens with zero attached hydrogens (tertiary/aromatic N) is 3. The SMILES string of the molecule is CN=C(NCc1ccc(COC2CCOCC2)cc1)N1CCN(C(=O)c2ccco2)CC1.I. The van der Waals surface area contributed by atoms with Crippen LogP contribution in [0.25, 0.3) is 0 Å². The molecular formula is C24H33IN4O4. The molecule has 1 amide bonds. The molecule has 33 heavy (non-hydrogen) atoms. The minimum absolute atomic E-state index is 0. The van der Waals surface area contributed by atoms with Gasteiger partial charge in [-0.25, -0.2) is 0 Å². The summed E-state index contributed by atoms with van der Waals surface area (Å²) in [6.07, 6.45) is 3.79. The van der Waals surface area contributed by atoms with Gasteiger partial charge in [-0.2, -0.15) is 0 Å². The van der Waals surface area contributed by atoms with Crippen molar-refractivity contribution in [2.45, 2.75) is 32.1 Å². The number of amides is 1. The van der Waals surface area contributed by atoms with Crippen LogP contribution in [-0.4, -0.2) is 74.2 Å². The second-order valence-corrected chi connectivity index (χ2v) is 8.10. The highest BCUT2D eigenvalue weighted by Crippen LogP contribution is 2.14. The molecule has 4 rings (SSSR count). The number of carbonyl (C=O) groups is 1. The molecule has 0 radical (unpaired) electrons. The van der Waals surface area contributed by atoms with Crippen LogP contribution in [0.2, 0.25) is 0 Å². The van der Waals surface area contributed by atoms with Gasteiger partial charge in [0.25, 0.3) is 5.91 Å². The van der Waals surface area contributed by atoms with E-state index >= 15 is 0 Å². The fourth-order valence-electron chi connectivity index (χ4n) is 4.00. The molecule has 0 spiro atoms. The molecule has 0 unspecified atom stereocenters. The smallest absolute Gasteiger partial charge is 0.289 e. The van der Waals surface area contributed by atoms with E-state index in [1.165, 1.54) is 17.4 Å². The number of aliphatic imine (C=N–C) groups is 1. The molecule has 0 aliphatic carbocycles. The van der Waals surface area contributed by atoms with Gasteiger partial charge in [0.1, 0.15) is 0 Å². The van der Waals surface area contributed by atoms with Gasteiger partial charge in [0.15, 0.2) is 11.7 Å². The first-order chi connectivity index (χ1) is 15.7. The predicted octanol–water partition coefficient (Wildman–Crippen LogP) is 3.13. The average Bonchev–Trinajstić information content (AvgIpc) is 3.40. The second-order valence-electron chi connectivity index (χ2n) is 8.10. The molecule has 9 heteroatoms. The first-order valence-corrected chi connectivity index (χ1v) is 11.3. The van der Waals surface area contributed by atoms with Crippen molar-refractivity contribution in [3.63, 3.8) is 0 Å². The maximum Gasteiger partial charge on any atom is 0.289 e. The Labute approximate surface area is 212 Å². The Balaban J connectivity index is 0.00000306. The third-order valence-corrected chi connectivity index (χ3v) is 5.94. The summed E-state index contributed by atoms with van der Waals surface area (Å²) in [4.78, 5) is 20.9. The van der Waals surface area contributed by atoms with Crippen molar-refractivity contribution in [1.29, 1.82) is 0 Å². The van der Waals surface area contributed by atoms with E-state index in [1.807, 2.05) is 4.90 Å². The number of hydrogen-bond acceptors (Lipinski definition) is 5. The molecule has 1 aromatic carbocycles. The zero-order valence-electron chi connectivity index (χ0n) is 19.1. The largest absolute Gasteiger partial charge is 0.459 e. The van der Waals surface area contributed by atoms with Crippen LogP contribution in [0.5, 0.6) is 0 Å². The minimum Gasteiger partial charge on any atom is -0.459 e. The van der Waals surface area contributed by atoms with Gasteiger partial charge in [-0.05, 0) is 36.1 Å². The highest BCUT2D eigenvalue weighted by molar-refractivity contribution is 14.0. The van der Waals surface area contributed by atoms with Crippen LogP contribution in [0, 0.1) is 0 Å². The normalized spacial score (nSPS) is 17.5. The van der Waals surface area contributed by atoms with Gasteiger partial charge in [0, 0.05) is 53.0 Å². The Morgan fingerprint density at radius 3 is 2.36 bits per heavy atom. The van der Waals surface area contributed by atoms with Gasteiger partial charge in [-0.3, -0.25) is 9.79 Å². The number of furan rings is 1. The number of benzene rings is 1. The Hall–Kier alpha value is -2.11. The van der Waals surface area contributed by atoms with E-state index in [4.69, 9.17) is 13.9 Å². The highest BCUT2D eigenvalue weighted by atomic mass is 127. The first-order valence-electron chi connectivity index (χ1n) is 11.3. The van der Waals surface area contributed by atoms with Crippen LogP contribution >= 0.6 is 24.0 Å². The number of guanidine groups is 1. The van der Waals surface area contributed by atoms with E-state index in [2.05, 4.69) is 39.5 Å². The Morgan fingerprint density at radius 2 is 1.73 bits per heavy atom. The summed E-state index contributed by atoms with van der Waals surface area (Å²) < 4.78 is 16.6. The van der Waals surface area contributed by atoms with Crippen LogP contribution in [0.4, 0.5) is 0 Å². The van der Waals surface area contributed by atoms with Crippen LogP contribution < -0.4 is 5.32 Å². The van der Waals surface area contributed by atoms with Crippen molar-refractivity contribution in [3.05, 3.63) is 59.5 Å². The van der Waals surface area contributed by atoms with E-state index in [1.54, 1.807) is 19.2 Å². The lowest BCUT2D eigenvalue weighted by Crippen LogP contribution is -2.53. The highest BCUT2D eigenvalue weighted by Gasteiger charge is 2.25. The van der Waals surface area contributed by atoms with Crippen molar-refractivity contribution in [1.82, 2.24) is 15.1 Å². The molecule has 0 bridgehead atoms. The number of halogens is 1. The van der Waals surface area contributed by atoms with Crippen molar-refractivity contribution >= 4 is 35.8 Å². The number of hydrogen-bond donors (Lipinski definition) is 1. The maximum atomic E-state index is 12.4. The zero-order chi connectivity index (χ0) is 22.2. The summed E-state index contributed by atoms with van der Waals surface area (Å²) in [5.74, 6) is 1.18. The van der Waals surface area contributed by atoms with E-state index in [0.717, 1.165) is 45.1 Å². The molecule has 3 heterocycles. The van der Waals surface area contributed by atoms with Crippen LogP contribution in [0.15, 0.2) is 52.1 Å². The topological polar surface area (TPSA) is 79.5 Å². The molecule has 1 aromatic heterocycles. The van der Waals surface area contributed by atoms with E-state index in [9.17, 15) is 4.79 Å². The molecule has 2 saturated heterocycles. The summed E-state index contributed by atoms with van der Waals surface area (Å²) in [7, 11) is 1.79. The zero-order valence-corrected chi connectivity index (χ0v) is 21.4. The lowest BCUT2D eigenvalue weighted by atomic mass is 10.1. The minimum atomic E-state index is -0.0570. The average molecular weight is 568 g/mol. The molecule has 2 aliphatic heterocycles. The van der Waals surface area contributed by atoms with Gasteiger partial charge in [-0.15, -0.1) is 24.0 Å². The predicted molar refractivity (Wildman–Crippen MR) is 137 cm³/mol. The van der Waals surface area contributed by atoms with E-state index in [0.29, 0.717) is 38.1 Å². The first kappa shape index (κ1) is 25.5. The third kappa shape index (κ3) is 7.18. The van der Waals surface area contributed by atoms with Crippen molar-refractivity contribution in [3.8, 4) is 0 Å². The summed E-state index contributed by atoms with van der Waals surface area (Å²) >= 11 is 0. The van der Waals surface area contributed by atoms with E-state index < -0.39 is 0 Å². The van der Waals surface area contributed by atoms with Crippen molar-refractivity contribution < 1.29 is 18.7 Å². The molecule has 0 saturated carbocycles. The number of nitrogens with one attached hydrogen (secondary N) is 1. The van der Waals surface area contributed by atoms with Crippen LogP contribution in [0.1, 0.15) is 34.5 Å². The summed E-state index contributed by atoms with van der Waals surface area (Å²) in [6, 6.07) is 11.9. The number of carbonyl (C=O) groups excluding carboxylic acids is 1. The molecule has 1 N–H and O–H groups in total. The van der Waals surface area contributed by atoms with E-state index in [-0.39, 0.29) is 29.9 Å².